The maximum Gasteiger partial charge on any atom is 0.340 e. The van der Waals surface area contributed by atoms with Crippen molar-refractivity contribution in [2.45, 2.75) is 131 Å². The van der Waals surface area contributed by atoms with Crippen molar-refractivity contribution in [2.75, 3.05) is 0 Å². The number of phenolic OH excluding ortho intramolecular Hbond substituents is 2. The van der Waals surface area contributed by atoms with E-state index in [1.165, 1.54) is 6.92 Å². The van der Waals surface area contributed by atoms with Crippen molar-refractivity contribution < 1.29 is 43.7 Å². The van der Waals surface area contributed by atoms with Crippen LogP contribution in [0.1, 0.15) is 171 Å². The molecule has 0 atom stereocenters. The second-order valence-electron chi connectivity index (χ2n) is 11.7. The first kappa shape index (κ1) is 38.2. The summed E-state index contributed by atoms with van der Waals surface area (Å²) in [5.41, 5.74) is -0.815. The van der Waals surface area contributed by atoms with Gasteiger partial charge in [-0.15, -0.1) is 0 Å². The van der Waals surface area contributed by atoms with Crippen LogP contribution in [0.25, 0.3) is 0 Å². The number of ether oxygens (including phenoxy) is 2. The summed E-state index contributed by atoms with van der Waals surface area (Å²) < 4.78 is 11.1. The van der Waals surface area contributed by atoms with Gasteiger partial charge < -0.3 is 19.7 Å². The number of esters is 2. The third-order valence-corrected chi connectivity index (χ3v) is 7.89. The summed E-state index contributed by atoms with van der Waals surface area (Å²) >= 11 is 0. The summed E-state index contributed by atoms with van der Waals surface area (Å²) in [7, 11) is 0. The van der Waals surface area contributed by atoms with Crippen molar-refractivity contribution in [3.63, 3.8) is 0 Å². The monoisotopic (exact) mass is 638 g/mol. The Morgan fingerprint density at radius 1 is 0.630 bits per heavy atom. The molecule has 2 aromatic rings. The molecule has 0 aliphatic rings. The van der Waals surface area contributed by atoms with E-state index in [4.69, 9.17) is 9.47 Å². The highest BCUT2D eigenvalue weighted by molar-refractivity contribution is 6.17. The Hall–Kier alpha value is -4.01. The standard InChI is InChI=1S/C37H50O9/c1-5-8-11-14-21-28(39)31-33(37(44)45-24-26-19-17-18-20-27(26)25(4)38)32(29(40)22-15-12-9-6-2)36(35(43)34(31)42)46-30(41)23-16-13-10-7-3/h17-20,42-43H,5-16,21-24H2,1-4H3. The van der Waals surface area contributed by atoms with Crippen molar-refractivity contribution in [2.24, 2.45) is 0 Å². The van der Waals surface area contributed by atoms with Crippen molar-refractivity contribution >= 4 is 29.3 Å². The van der Waals surface area contributed by atoms with E-state index in [2.05, 4.69) is 0 Å². The smallest absolute Gasteiger partial charge is 0.340 e. The SMILES string of the molecule is CCCCCCC(=O)Oc1c(O)c(O)c(C(=O)CCCCCC)c(C(=O)OCc2ccccc2C(C)=O)c1C(=O)CCCCCC. The van der Waals surface area contributed by atoms with Gasteiger partial charge in [0, 0.05) is 30.4 Å². The number of aromatic hydroxyl groups is 2. The van der Waals surface area contributed by atoms with Gasteiger partial charge in [0.25, 0.3) is 0 Å². The lowest BCUT2D eigenvalue weighted by Gasteiger charge is -2.20. The predicted octanol–water partition coefficient (Wildman–Crippen LogP) is 8.84. The van der Waals surface area contributed by atoms with Gasteiger partial charge in [0.05, 0.1) is 16.7 Å². The average molecular weight is 639 g/mol. The Labute approximate surface area is 272 Å². The van der Waals surface area contributed by atoms with Gasteiger partial charge in [0.15, 0.2) is 28.8 Å². The first-order valence-corrected chi connectivity index (χ1v) is 16.7. The molecule has 0 aromatic heterocycles. The number of unbranched alkanes of at least 4 members (excludes halogenated alkanes) is 9. The van der Waals surface area contributed by atoms with Crippen LogP contribution in [0.3, 0.4) is 0 Å². The van der Waals surface area contributed by atoms with Crippen LogP contribution in [0.15, 0.2) is 24.3 Å². The summed E-state index contributed by atoms with van der Waals surface area (Å²) in [6.45, 7) is 7.09. The van der Waals surface area contributed by atoms with E-state index in [1.807, 2.05) is 20.8 Å². The van der Waals surface area contributed by atoms with Gasteiger partial charge >= 0.3 is 11.9 Å². The average Bonchev–Trinajstić information content (AvgIpc) is 3.04. The summed E-state index contributed by atoms with van der Waals surface area (Å²) in [5, 5.41) is 22.3. The first-order chi connectivity index (χ1) is 22.1. The molecule has 0 aliphatic carbocycles. The van der Waals surface area contributed by atoms with Crippen molar-refractivity contribution in [3.05, 3.63) is 52.1 Å². The number of carbonyl (C=O) groups excluding carboxylic acids is 5. The summed E-state index contributed by atoms with van der Waals surface area (Å²) in [4.78, 5) is 66.4. The summed E-state index contributed by atoms with van der Waals surface area (Å²) in [5.74, 6) is -5.96. The third-order valence-electron chi connectivity index (χ3n) is 7.89. The van der Waals surface area contributed by atoms with E-state index >= 15 is 0 Å². The number of hydrogen-bond donors (Lipinski definition) is 2. The highest BCUT2D eigenvalue weighted by Gasteiger charge is 2.36. The number of Topliss-reactive ketones (excluding diaryl/α,β-unsaturated/α-hetero) is 3. The second kappa shape index (κ2) is 20.2. The molecule has 46 heavy (non-hydrogen) atoms. The number of ketones is 3. The minimum atomic E-state index is -1.12. The molecule has 9 nitrogen and oxygen atoms in total. The van der Waals surface area contributed by atoms with E-state index in [0.29, 0.717) is 30.4 Å². The van der Waals surface area contributed by atoms with E-state index in [-0.39, 0.29) is 31.7 Å². The first-order valence-electron chi connectivity index (χ1n) is 16.7. The van der Waals surface area contributed by atoms with Gasteiger partial charge in [-0.05, 0) is 26.2 Å². The second-order valence-corrected chi connectivity index (χ2v) is 11.7. The molecule has 0 fully saturated rings. The third kappa shape index (κ3) is 11.1. The Morgan fingerprint density at radius 3 is 1.70 bits per heavy atom. The Kier molecular flexibility index (Phi) is 16.7. The number of carbonyl (C=O) groups is 5. The number of phenols is 2. The van der Waals surface area contributed by atoms with E-state index in [0.717, 1.165) is 57.8 Å². The minimum Gasteiger partial charge on any atom is -0.504 e. The van der Waals surface area contributed by atoms with Crippen LogP contribution in [-0.4, -0.2) is 39.5 Å². The van der Waals surface area contributed by atoms with Crippen LogP contribution in [0.5, 0.6) is 17.2 Å². The largest absolute Gasteiger partial charge is 0.504 e. The minimum absolute atomic E-state index is 0.00987. The van der Waals surface area contributed by atoms with E-state index < -0.39 is 57.4 Å². The maximum absolute atomic E-state index is 13.9. The van der Waals surface area contributed by atoms with Gasteiger partial charge in [-0.1, -0.05) is 103 Å². The molecule has 0 spiro atoms. The van der Waals surface area contributed by atoms with Crippen LogP contribution in [0.4, 0.5) is 0 Å². The fourth-order valence-electron chi connectivity index (χ4n) is 5.28. The molecule has 0 bridgehead atoms. The highest BCUT2D eigenvalue weighted by Crippen LogP contribution is 2.46. The van der Waals surface area contributed by atoms with Gasteiger partial charge in [-0.2, -0.15) is 0 Å². The van der Waals surface area contributed by atoms with Crippen LogP contribution in [0.2, 0.25) is 0 Å². The lowest BCUT2D eigenvalue weighted by atomic mass is 9.89. The lowest BCUT2D eigenvalue weighted by Crippen LogP contribution is -2.21. The summed E-state index contributed by atoms with van der Waals surface area (Å²) in [6.07, 6.45) is 9.01. The lowest BCUT2D eigenvalue weighted by molar-refractivity contribution is -0.134. The Morgan fingerprint density at radius 2 is 1.15 bits per heavy atom. The molecule has 0 heterocycles. The van der Waals surface area contributed by atoms with Crippen LogP contribution in [-0.2, 0) is 16.1 Å². The topological polar surface area (TPSA) is 144 Å². The van der Waals surface area contributed by atoms with Gasteiger partial charge in [-0.25, -0.2) is 4.79 Å². The molecule has 2 N–H and O–H groups in total. The van der Waals surface area contributed by atoms with Gasteiger partial charge in [-0.3, -0.25) is 19.2 Å². The van der Waals surface area contributed by atoms with Crippen molar-refractivity contribution in [1.29, 1.82) is 0 Å². The van der Waals surface area contributed by atoms with Crippen molar-refractivity contribution in [1.82, 2.24) is 0 Å². The van der Waals surface area contributed by atoms with E-state index in [9.17, 15) is 34.2 Å². The molecule has 0 saturated carbocycles. The Bertz CT molecular complexity index is 1360. The summed E-state index contributed by atoms with van der Waals surface area (Å²) in [6, 6.07) is 6.56. The molecule has 9 heteroatoms. The van der Waals surface area contributed by atoms with Crippen LogP contribution in [0, 0.1) is 0 Å². The van der Waals surface area contributed by atoms with Gasteiger partial charge in [0.1, 0.15) is 6.61 Å². The van der Waals surface area contributed by atoms with E-state index in [1.54, 1.807) is 24.3 Å². The highest BCUT2D eigenvalue weighted by atomic mass is 16.5. The van der Waals surface area contributed by atoms with Crippen LogP contribution >= 0.6 is 0 Å². The molecule has 0 radical (unpaired) electrons. The molecule has 2 aromatic carbocycles. The normalized spacial score (nSPS) is 10.9. The van der Waals surface area contributed by atoms with Crippen molar-refractivity contribution in [3.8, 4) is 17.2 Å². The van der Waals surface area contributed by atoms with Gasteiger partial charge in [0.2, 0.25) is 5.75 Å². The number of hydrogen-bond acceptors (Lipinski definition) is 9. The fraction of sp³-hybridized carbons (Fsp3) is 0.541. The quantitative estimate of drug-likeness (QED) is 0.0425. The molecule has 0 saturated heterocycles. The number of benzene rings is 2. The zero-order valence-corrected chi connectivity index (χ0v) is 27.9. The molecule has 2 rings (SSSR count). The predicted molar refractivity (Wildman–Crippen MR) is 176 cm³/mol. The Balaban J connectivity index is 2.69. The molecule has 252 valence electrons. The zero-order chi connectivity index (χ0) is 34.1. The van der Waals surface area contributed by atoms with Crippen LogP contribution < -0.4 is 4.74 Å². The molecular formula is C37H50O9. The molecular weight excluding hydrogens is 588 g/mol. The zero-order valence-electron chi connectivity index (χ0n) is 27.9. The maximum atomic E-state index is 13.9. The molecule has 0 unspecified atom stereocenters. The fourth-order valence-corrected chi connectivity index (χ4v) is 5.28. The molecule has 0 aliphatic heterocycles. The number of rotatable bonds is 22. The molecule has 0 amide bonds.